The second kappa shape index (κ2) is 40.1. The molecule has 2 aliphatic carbocycles. The zero-order chi connectivity index (χ0) is 64.5. The van der Waals surface area contributed by atoms with Crippen molar-refractivity contribution in [3.05, 3.63) is 73.8 Å². The number of cyclic esters (lactones) is 1. The molecule has 8 rings (SSSR count). The Balaban J connectivity index is 0.000000407. The number of pyridine rings is 2. The van der Waals surface area contributed by atoms with Gasteiger partial charge in [-0.1, -0.05) is 40.0 Å². The number of nitrogens with one attached hydrogen (secondary N) is 7. The molecular weight excluding hydrogens is 1310 g/mol. The van der Waals surface area contributed by atoms with E-state index in [9.17, 15) is 52.3 Å². The molecule has 3 radical (unpaired) electrons. The molecule has 3 aromatic rings. The minimum Gasteiger partial charge on any atom is -0.348 e. The summed E-state index contributed by atoms with van der Waals surface area (Å²) in [5, 5.41) is 19.4. The summed E-state index contributed by atoms with van der Waals surface area (Å²) in [6.07, 6.45) is 10.8. The van der Waals surface area contributed by atoms with Crippen LogP contribution >= 0.6 is 0 Å². The van der Waals surface area contributed by atoms with Gasteiger partial charge in [0.05, 0.1) is 53.1 Å². The van der Waals surface area contributed by atoms with E-state index in [2.05, 4.69) is 55.8 Å². The molecule has 5 aliphatic rings. The quantitative estimate of drug-likeness (QED) is 0.0140. The van der Waals surface area contributed by atoms with Crippen molar-refractivity contribution < 1.29 is 66.5 Å². The molecule has 1 aromatic carbocycles. The third-order valence-corrected chi connectivity index (χ3v) is 15.0. The number of aromatic nitrogens is 2. The maximum Gasteiger partial charge on any atom is 0.254 e. The van der Waals surface area contributed by atoms with Crippen LogP contribution in [-0.4, -0.2) is 186 Å². The summed E-state index contributed by atoms with van der Waals surface area (Å²) in [5.74, 6) is -3.64. The van der Waals surface area contributed by atoms with Crippen LogP contribution in [0.2, 0.25) is 3.98 Å². The average Bonchev–Trinajstić information content (AvgIpc) is 1.46. The zero-order valence-corrected chi connectivity index (χ0v) is 56.0. The predicted molar refractivity (Wildman–Crippen MR) is 324 cm³/mol. The first-order valence-electron chi connectivity index (χ1n) is 29.2. The molecule has 1 saturated carbocycles. The number of benzene rings is 1. The Bertz CT molecular complexity index is 2840. The maximum atomic E-state index is 14.8. The smallest absolute Gasteiger partial charge is 0.254 e. The fraction of sp³-hybridized carbons (Fsp3) is 0.583. The van der Waals surface area contributed by atoms with Crippen LogP contribution in [0.5, 0.6) is 0 Å². The first kappa shape index (κ1) is 75.7. The number of hydrogen-bond acceptors (Lipinski definition) is 17. The van der Waals surface area contributed by atoms with Crippen LogP contribution in [0.4, 0.5) is 4.39 Å². The number of carbonyl (C=O) groups excluding carboxylic acids is 9. The topological polar surface area (TPSA) is 313 Å². The number of halogens is 1. The standard InChI is InChI=1S/C25H22FN3O4.C11H21N4O4.C8H8N2O4.C8H19NO.C3H8O.C3H6.C2H6.Pb/c1-3-12-14-6-20-23-15(8-29(20)24(31)16(14)9-33-25(12)32)22-18(27-10-30)5-4-13-11(2)17(26)7-19(28-23)21(13)22;1-4-19-7-14-9(16)6-13-11(18)8(2)15-10(17)5-12-3;11-4-3-9-6(12)5-10-7(13)1-2-8(10)14;1-5-10-8(2,3)6-7-9-4;1-3-4-2;1-2-3-1;1-2;/h6-7,10,12,18H,3-5,8-9H2,1-2H3,(H,27,30);8,12H,2,4-7H2,1,3H3,(H,13,18)(H,14,16)(H,15,17);1-2,4H,3,5H2,(H,9,12);9H,5-7H2,1-4H3;3H2,1-2H3;1-3H2;1-2H3;. The molecule has 5 heterocycles. The number of fused-ring (bicyclic) bond motifs is 5. The van der Waals surface area contributed by atoms with E-state index in [-0.39, 0.29) is 86.2 Å². The normalized spacial score (nSPS) is 15.5. The fourth-order valence-corrected chi connectivity index (χ4v) is 9.98. The fourth-order valence-electron chi connectivity index (χ4n) is 8.86. The monoisotopic (exact) mass is 1400 g/mol. The summed E-state index contributed by atoms with van der Waals surface area (Å²) < 4.78 is 37.3. The number of imide groups is 1. The Morgan fingerprint density at radius 2 is 1.55 bits per heavy atom. The van der Waals surface area contributed by atoms with Crippen molar-refractivity contribution in [3.8, 4) is 11.4 Å². The van der Waals surface area contributed by atoms with Gasteiger partial charge in [0.2, 0.25) is 12.3 Å². The van der Waals surface area contributed by atoms with Crippen molar-refractivity contribution in [2.45, 2.75) is 148 Å². The van der Waals surface area contributed by atoms with Gasteiger partial charge in [0.1, 0.15) is 25.3 Å². The van der Waals surface area contributed by atoms with Crippen molar-refractivity contribution in [3.63, 3.8) is 0 Å². The number of methoxy groups -OCH3 is 1. The molecule has 7 amide bonds. The number of likely N-dealkylation sites (N-methyl/N-ethyl adjacent to an activating group) is 1. The van der Waals surface area contributed by atoms with E-state index in [0.29, 0.717) is 82.7 Å². The summed E-state index contributed by atoms with van der Waals surface area (Å²) in [4.78, 5) is 120. The Hall–Kier alpha value is -6.40. The zero-order valence-electron chi connectivity index (χ0n) is 52.1. The molecule has 3 unspecified atom stereocenters. The predicted octanol–water partition coefficient (Wildman–Crippen LogP) is 3.15. The Kier molecular flexibility index (Phi) is 35.3. The number of nitrogens with zero attached hydrogens (tertiary/aromatic N) is 3. The van der Waals surface area contributed by atoms with Crippen LogP contribution in [0.15, 0.2) is 29.1 Å². The van der Waals surface area contributed by atoms with Crippen LogP contribution in [0.1, 0.15) is 139 Å². The number of ether oxygens (including phenoxy) is 4. The van der Waals surface area contributed by atoms with E-state index in [1.165, 1.54) is 25.3 Å². The second-order valence-electron chi connectivity index (χ2n) is 20.1. The number of rotatable bonds is 23. The summed E-state index contributed by atoms with van der Waals surface area (Å²) in [7, 11) is 5.29. The van der Waals surface area contributed by atoms with E-state index >= 15 is 0 Å². The van der Waals surface area contributed by atoms with Crippen molar-refractivity contribution in [1.82, 2.24) is 51.7 Å². The van der Waals surface area contributed by atoms with Gasteiger partial charge in [0.15, 0.2) is 0 Å². The van der Waals surface area contributed by atoms with E-state index < -0.39 is 29.7 Å². The van der Waals surface area contributed by atoms with Crippen LogP contribution in [-0.2, 0) is 81.7 Å². The van der Waals surface area contributed by atoms with E-state index in [0.717, 1.165) is 91.1 Å². The molecule has 475 valence electrons. The Morgan fingerprint density at radius 3 is 2.09 bits per heavy atom. The SMILES string of the molecule is C1CC1.CC.CCC1C(=O)OCc2c1cc1n(c2=O)Cc2c-1nc1cc(F)c(C)c3c1c2C(NC=O)CC3.CCOC.CCOC(C)(C)CCNC.CCOCNC(=O)CNC(=O)C([CH2][Pb])NC(=O)CNC.O=CCNC(=O)CN1C(=O)C=CC1=O. The molecule has 24 nitrogen and oxygen atoms in total. The van der Waals surface area contributed by atoms with Gasteiger partial charge in [-0.05, 0) is 102 Å². The minimum atomic E-state index is -0.581. The number of carbonyl (C=O) groups is 9. The van der Waals surface area contributed by atoms with Crippen molar-refractivity contribution in [1.29, 1.82) is 0 Å². The molecule has 1 fully saturated rings. The minimum absolute atomic E-state index is 0.0355. The van der Waals surface area contributed by atoms with Crippen molar-refractivity contribution >= 4 is 90.8 Å². The van der Waals surface area contributed by atoms with Gasteiger partial charge in [0.25, 0.3) is 17.4 Å². The molecule has 0 bridgehead atoms. The molecule has 3 aliphatic heterocycles. The third-order valence-electron chi connectivity index (χ3n) is 13.4. The van der Waals surface area contributed by atoms with Crippen LogP contribution in [0.25, 0.3) is 22.3 Å². The Morgan fingerprint density at radius 1 is 0.884 bits per heavy atom. The number of hydrogen-bond donors (Lipinski definition) is 7. The average molecular weight is 1400 g/mol. The molecule has 3 atom stereocenters. The van der Waals surface area contributed by atoms with Crippen molar-refractivity contribution in [2.24, 2.45) is 0 Å². The van der Waals surface area contributed by atoms with Gasteiger partial charge in [-0.25, -0.2) is 9.37 Å². The van der Waals surface area contributed by atoms with Gasteiger partial charge < -0.3 is 39.5 Å². The van der Waals surface area contributed by atoms with Gasteiger partial charge in [-0.15, -0.1) is 0 Å². The summed E-state index contributed by atoms with van der Waals surface area (Å²) >= 11 is 0.769. The third kappa shape index (κ3) is 23.4. The molecular formula is C60H90FN10O14Pb. The number of aldehydes is 1. The second-order valence-corrected chi connectivity index (χ2v) is 21.7. The summed E-state index contributed by atoms with van der Waals surface area (Å²) in [5.41, 5.74) is 6.07. The van der Waals surface area contributed by atoms with Gasteiger partial charge in [-0.2, -0.15) is 0 Å². The summed E-state index contributed by atoms with van der Waals surface area (Å²) in [6, 6.07) is 2.49. The van der Waals surface area contributed by atoms with Crippen LogP contribution < -0.4 is 42.8 Å². The van der Waals surface area contributed by atoms with Crippen LogP contribution in [0, 0.1) is 12.7 Å². The number of esters is 1. The van der Waals surface area contributed by atoms with E-state index in [1.807, 2.05) is 54.7 Å². The maximum absolute atomic E-state index is 14.8. The van der Waals surface area contributed by atoms with E-state index in [4.69, 9.17) is 19.2 Å². The van der Waals surface area contributed by atoms with Gasteiger partial charge in [-0.3, -0.25) is 33.7 Å². The van der Waals surface area contributed by atoms with Gasteiger partial charge in [0, 0.05) is 49.5 Å². The molecule has 7 N–H and O–H groups in total. The van der Waals surface area contributed by atoms with E-state index in [1.54, 1.807) is 25.6 Å². The number of aryl methyl sites for hydroxylation is 1. The van der Waals surface area contributed by atoms with Crippen LogP contribution in [0.3, 0.4) is 0 Å². The molecule has 2 aromatic heterocycles. The van der Waals surface area contributed by atoms with Gasteiger partial charge >= 0.3 is 140 Å². The first-order valence-corrected chi connectivity index (χ1v) is 31.9. The summed E-state index contributed by atoms with van der Waals surface area (Å²) in [6.45, 7) is 20.8. The number of amides is 7. The molecule has 26 heteroatoms. The molecule has 0 saturated heterocycles. The Labute approximate surface area is 520 Å². The largest absolute Gasteiger partial charge is 0.348 e. The van der Waals surface area contributed by atoms with Crippen molar-refractivity contribution in [2.75, 3.05) is 80.5 Å². The first-order chi connectivity index (χ1) is 41.2. The molecule has 86 heavy (non-hydrogen) atoms. The molecule has 0 spiro atoms.